The number of ether oxygens (including phenoxy) is 1. The van der Waals surface area contributed by atoms with Crippen LogP contribution in [0.4, 0.5) is 0 Å². The molecule has 1 aromatic carbocycles. The largest absolute Gasteiger partial charge is 0.457 e. The van der Waals surface area contributed by atoms with Gasteiger partial charge >= 0.3 is 5.97 Å². The summed E-state index contributed by atoms with van der Waals surface area (Å²) in [6.07, 6.45) is 0.992. The maximum Gasteiger partial charge on any atom is 0.338 e. The molecule has 1 saturated heterocycles. The van der Waals surface area contributed by atoms with Crippen molar-refractivity contribution in [1.29, 1.82) is 5.26 Å². The molecule has 2 aromatic rings. The number of likely N-dealkylation sites (tertiary alicyclic amines) is 1. The van der Waals surface area contributed by atoms with Gasteiger partial charge in [-0.05, 0) is 49.2 Å². The molecule has 31 heavy (non-hydrogen) atoms. The average molecular weight is 422 g/mol. The minimum atomic E-state index is -0.744. The highest BCUT2D eigenvalue weighted by atomic mass is 16.5. The summed E-state index contributed by atoms with van der Waals surface area (Å²) in [5, 5.41) is 33.3. The van der Waals surface area contributed by atoms with Crippen molar-refractivity contribution >= 4 is 5.97 Å². The normalized spacial score (nSPS) is 20.2. The van der Waals surface area contributed by atoms with E-state index in [2.05, 4.69) is 15.2 Å². The molecule has 0 radical (unpaired) electrons. The van der Waals surface area contributed by atoms with Crippen molar-refractivity contribution in [1.82, 2.24) is 15.2 Å². The molecule has 0 bridgehead atoms. The Morgan fingerprint density at radius 3 is 2.90 bits per heavy atom. The number of carbonyl (C=O) groups is 1. The molecule has 3 N–H and O–H groups in total. The van der Waals surface area contributed by atoms with Crippen molar-refractivity contribution in [2.45, 2.75) is 38.2 Å². The van der Waals surface area contributed by atoms with E-state index in [9.17, 15) is 15.0 Å². The number of pyridine rings is 1. The zero-order valence-electron chi connectivity index (χ0n) is 17.4. The molecule has 8 heteroatoms. The fourth-order valence-corrected chi connectivity index (χ4v) is 4.29. The van der Waals surface area contributed by atoms with Gasteiger partial charge in [0.25, 0.3) is 0 Å². The third-order valence-corrected chi connectivity index (χ3v) is 6.13. The number of benzene rings is 1. The second-order valence-electron chi connectivity index (χ2n) is 8.15. The first-order valence-electron chi connectivity index (χ1n) is 10.4. The van der Waals surface area contributed by atoms with E-state index in [0.717, 1.165) is 36.2 Å². The van der Waals surface area contributed by atoms with Crippen LogP contribution in [0.15, 0.2) is 30.5 Å². The molecule has 1 fully saturated rings. The van der Waals surface area contributed by atoms with E-state index in [1.165, 1.54) is 6.20 Å². The quantitative estimate of drug-likeness (QED) is 0.573. The van der Waals surface area contributed by atoms with E-state index >= 15 is 0 Å². The van der Waals surface area contributed by atoms with Gasteiger partial charge in [-0.2, -0.15) is 5.26 Å². The number of hydrogen-bond acceptors (Lipinski definition) is 8. The van der Waals surface area contributed by atoms with E-state index in [-0.39, 0.29) is 18.6 Å². The van der Waals surface area contributed by atoms with Gasteiger partial charge in [-0.3, -0.25) is 9.88 Å². The smallest absolute Gasteiger partial charge is 0.338 e. The number of rotatable bonds is 7. The number of aliphatic hydroxyl groups excluding tert-OH is 2. The Hall–Kier alpha value is -2.83. The highest BCUT2D eigenvalue weighted by molar-refractivity contribution is 5.93. The standard InChI is InChI=1S/C23H26N4O4/c1-14-17(3-4-18-19(14)13-31-23(18)30)22(29)12-27-7-6-16(11-27)25-10-21(28)20-5-2-15(8-24)9-26-20/h2-5,9,16,21-22,25,28-29H,6-7,10-13H2,1H3/t16-,21?,22?/m0/s1. The predicted octanol–water partition coefficient (Wildman–Crippen LogP) is 1.36. The van der Waals surface area contributed by atoms with Gasteiger partial charge in [0, 0.05) is 37.4 Å². The van der Waals surface area contributed by atoms with E-state index in [1.54, 1.807) is 18.2 Å². The Kier molecular flexibility index (Phi) is 6.30. The summed E-state index contributed by atoms with van der Waals surface area (Å²) < 4.78 is 5.10. The van der Waals surface area contributed by atoms with Crippen molar-refractivity contribution in [3.05, 3.63) is 64.0 Å². The highest BCUT2D eigenvalue weighted by Gasteiger charge is 2.28. The number of nitrogens with one attached hydrogen (secondary N) is 1. The van der Waals surface area contributed by atoms with Crippen molar-refractivity contribution < 1.29 is 19.7 Å². The van der Waals surface area contributed by atoms with Gasteiger partial charge in [0.05, 0.1) is 22.9 Å². The number of aromatic nitrogens is 1. The fourth-order valence-electron chi connectivity index (χ4n) is 4.29. The van der Waals surface area contributed by atoms with Crippen molar-refractivity contribution in [3.8, 4) is 6.07 Å². The molecule has 162 valence electrons. The van der Waals surface area contributed by atoms with E-state index < -0.39 is 12.2 Å². The van der Waals surface area contributed by atoms with Crippen molar-refractivity contribution in [3.63, 3.8) is 0 Å². The maximum absolute atomic E-state index is 11.7. The Morgan fingerprint density at radius 1 is 1.32 bits per heavy atom. The minimum Gasteiger partial charge on any atom is -0.457 e. The lowest BCUT2D eigenvalue weighted by Crippen LogP contribution is -2.36. The molecule has 0 saturated carbocycles. The fraction of sp³-hybridized carbons (Fsp3) is 0.435. The van der Waals surface area contributed by atoms with Crippen LogP contribution >= 0.6 is 0 Å². The number of cyclic esters (lactones) is 1. The third kappa shape index (κ3) is 4.60. The number of hydrogen-bond donors (Lipinski definition) is 3. The van der Waals surface area contributed by atoms with Crippen LogP contribution in [0.5, 0.6) is 0 Å². The molecule has 4 rings (SSSR count). The first-order chi connectivity index (χ1) is 15.0. The van der Waals surface area contributed by atoms with Gasteiger partial charge in [-0.25, -0.2) is 4.79 Å². The Labute approximate surface area is 181 Å². The number of nitrogens with zero attached hydrogens (tertiary/aromatic N) is 3. The van der Waals surface area contributed by atoms with Crippen LogP contribution in [0, 0.1) is 18.3 Å². The van der Waals surface area contributed by atoms with E-state index in [0.29, 0.717) is 29.9 Å². The summed E-state index contributed by atoms with van der Waals surface area (Å²) in [5.74, 6) is -0.300. The maximum atomic E-state index is 11.7. The molecule has 2 unspecified atom stereocenters. The zero-order chi connectivity index (χ0) is 22.0. The van der Waals surface area contributed by atoms with E-state index in [4.69, 9.17) is 10.00 Å². The second-order valence-corrected chi connectivity index (χ2v) is 8.15. The van der Waals surface area contributed by atoms with Crippen LogP contribution in [0.25, 0.3) is 0 Å². The lowest BCUT2D eigenvalue weighted by Gasteiger charge is -2.22. The molecule has 3 heterocycles. The Balaban J connectivity index is 1.28. The van der Waals surface area contributed by atoms with Crippen LogP contribution in [-0.2, 0) is 11.3 Å². The molecule has 0 aliphatic carbocycles. The molecule has 0 amide bonds. The molecule has 3 atom stereocenters. The molecule has 8 nitrogen and oxygen atoms in total. The number of carbonyl (C=O) groups excluding carboxylic acids is 1. The van der Waals surface area contributed by atoms with Gasteiger partial charge in [-0.1, -0.05) is 6.07 Å². The zero-order valence-corrected chi connectivity index (χ0v) is 17.4. The second kappa shape index (κ2) is 9.12. The highest BCUT2D eigenvalue weighted by Crippen LogP contribution is 2.29. The summed E-state index contributed by atoms with van der Waals surface area (Å²) in [6, 6.07) is 9.10. The van der Waals surface area contributed by atoms with Crippen LogP contribution < -0.4 is 5.32 Å². The molecule has 2 aliphatic rings. The average Bonchev–Trinajstić information content (AvgIpc) is 3.39. The topological polar surface area (TPSA) is 119 Å². The number of aliphatic hydroxyl groups is 2. The molecular weight excluding hydrogens is 396 g/mol. The van der Waals surface area contributed by atoms with Crippen LogP contribution in [0.1, 0.15) is 56.9 Å². The van der Waals surface area contributed by atoms with Crippen molar-refractivity contribution in [2.75, 3.05) is 26.2 Å². The van der Waals surface area contributed by atoms with Crippen LogP contribution in [0.3, 0.4) is 0 Å². The van der Waals surface area contributed by atoms with Crippen molar-refractivity contribution in [2.24, 2.45) is 0 Å². The summed E-state index contributed by atoms with van der Waals surface area (Å²) >= 11 is 0. The first-order valence-corrected chi connectivity index (χ1v) is 10.4. The predicted molar refractivity (Wildman–Crippen MR) is 112 cm³/mol. The molecule has 1 aromatic heterocycles. The van der Waals surface area contributed by atoms with Gasteiger partial charge in [0.2, 0.25) is 0 Å². The molecule has 0 spiro atoms. The number of esters is 1. The van der Waals surface area contributed by atoms with Gasteiger partial charge < -0.3 is 20.3 Å². The molecule has 2 aliphatic heterocycles. The third-order valence-electron chi connectivity index (χ3n) is 6.13. The monoisotopic (exact) mass is 422 g/mol. The summed E-state index contributed by atoms with van der Waals surface area (Å²) in [7, 11) is 0. The lowest BCUT2D eigenvalue weighted by molar-refractivity contribution is 0.0535. The number of nitriles is 1. The SMILES string of the molecule is Cc1c(C(O)CN2CC[C@H](NCC(O)c3ccc(C#N)cn3)C2)ccc2c1COC2=O. The van der Waals surface area contributed by atoms with Gasteiger partial charge in [0.15, 0.2) is 0 Å². The lowest BCUT2D eigenvalue weighted by atomic mass is 9.95. The first kappa shape index (κ1) is 21.4. The van der Waals surface area contributed by atoms with Gasteiger partial charge in [0.1, 0.15) is 18.8 Å². The number of β-amino-alcohol motifs (C(OH)–C–C–N with tert-alkyl or cyclic N) is 1. The summed E-state index contributed by atoms with van der Waals surface area (Å²) in [4.78, 5) is 18.0. The Bertz CT molecular complexity index is 1000. The minimum absolute atomic E-state index is 0.215. The van der Waals surface area contributed by atoms with Crippen LogP contribution in [-0.4, -0.2) is 58.3 Å². The molecular formula is C23H26N4O4. The van der Waals surface area contributed by atoms with Crippen LogP contribution in [0.2, 0.25) is 0 Å². The van der Waals surface area contributed by atoms with Gasteiger partial charge in [-0.15, -0.1) is 0 Å². The number of fused-ring (bicyclic) bond motifs is 1. The summed E-state index contributed by atoms with van der Waals surface area (Å²) in [6.45, 7) is 4.70. The van der Waals surface area contributed by atoms with E-state index in [1.807, 2.05) is 19.1 Å². The Morgan fingerprint density at radius 2 is 2.16 bits per heavy atom. The summed E-state index contributed by atoms with van der Waals surface area (Å²) in [5.41, 5.74) is 4.21.